The third-order valence-corrected chi connectivity index (χ3v) is 3.33. The van der Waals surface area contributed by atoms with Gasteiger partial charge >= 0.3 is 0 Å². The molecule has 0 aromatic carbocycles. The summed E-state index contributed by atoms with van der Waals surface area (Å²) in [7, 11) is 0. The molecule has 0 aliphatic heterocycles. The van der Waals surface area contributed by atoms with E-state index in [-0.39, 0.29) is 5.41 Å². The summed E-state index contributed by atoms with van der Waals surface area (Å²) in [5.74, 6) is 0. The molecule has 2 nitrogen and oxygen atoms in total. The van der Waals surface area contributed by atoms with Crippen LogP contribution in [-0.4, -0.2) is 36.2 Å². The first-order chi connectivity index (χ1) is 7.26. The fourth-order valence-electron chi connectivity index (χ4n) is 2.53. The maximum atomic E-state index is 9.52. The van der Waals surface area contributed by atoms with Gasteiger partial charge in [0.25, 0.3) is 0 Å². The molecular weight excluding hydrogens is 186 g/mol. The average Bonchev–Trinajstić information content (AvgIpc) is 2.68. The average molecular weight is 209 g/mol. The zero-order valence-electron chi connectivity index (χ0n) is 9.62. The molecule has 86 valence electrons. The predicted octanol–water partition coefficient (Wildman–Crippen LogP) is 2.21. The SMILES string of the molecule is C=CCN(CC=C)CC1(CO)CCCC1. The lowest BCUT2D eigenvalue weighted by Crippen LogP contribution is -2.38. The molecule has 0 spiro atoms. The quantitative estimate of drug-likeness (QED) is 0.650. The lowest BCUT2D eigenvalue weighted by Gasteiger charge is -2.32. The first-order valence-electron chi connectivity index (χ1n) is 5.81. The van der Waals surface area contributed by atoms with Gasteiger partial charge in [-0.3, -0.25) is 4.90 Å². The van der Waals surface area contributed by atoms with Gasteiger partial charge in [0.05, 0.1) is 0 Å². The number of rotatable bonds is 7. The molecule has 0 heterocycles. The number of hydrogen-bond donors (Lipinski definition) is 1. The number of aliphatic hydroxyl groups excluding tert-OH is 1. The summed E-state index contributed by atoms with van der Waals surface area (Å²) in [6, 6.07) is 0. The fourth-order valence-corrected chi connectivity index (χ4v) is 2.53. The molecule has 0 unspecified atom stereocenters. The molecule has 0 aromatic rings. The molecule has 1 rings (SSSR count). The Morgan fingerprint density at radius 2 is 1.67 bits per heavy atom. The van der Waals surface area contributed by atoms with E-state index in [2.05, 4.69) is 18.1 Å². The van der Waals surface area contributed by atoms with E-state index in [0.29, 0.717) is 6.61 Å². The van der Waals surface area contributed by atoms with E-state index in [0.717, 1.165) is 32.5 Å². The summed E-state index contributed by atoms with van der Waals surface area (Å²) >= 11 is 0. The molecule has 0 saturated heterocycles. The van der Waals surface area contributed by atoms with Crippen LogP contribution in [0.4, 0.5) is 0 Å². The number of aliphatic hydroxyl groups is 1. The molecule has 0 amide bonds. The molecule has 0 aromatic heterocycles. The van der Waals surface area contributed by atoms with Crippen molar-refractivity contribution in [1.29, 1.82) is 0 Å². The minimum Gasteiger partial charge on any atom is -0.396 e. The van der Waals surface area contributed by atoms with Crippen LogP contribution in [0.5, 0.6) is 0 Å². The summed E-state index contributed by atoms with van der Waals surface area (Å²) < 4.78 is 0. The molecular formula is C13H23NO. The Bertz CT molecular complexity index is 197. The van der Waals surface area contributed by atoms with Gasteiger partial charge in [-0.25, -0.2) is 0 Å². The minimum atomic E-state index is 0.145. The van der Waals surface area contributed by atoms with Crippen molar-refractivity contribution in [3.8, 4) is 0 Å². The summed E-state index contributed by atoms with van der Waals surface area (Å²) in [6.45, 7) is 10.6. The van der Waals surface area contributed by atoms with E-state index in [1.165, 1.54) is 12.8 Å². The zero-order chi connectivity index (χ0) is 11.1. The second kappa shape index (κ2) is 6.09. The van der Waals surface area contributed by atoms with Gasteiger partial charge in [0.15, 0.2) is 0 Å². The van der Waals surface area contributed by atoms with Crippen LogP contribution >= 0.6 is 0 Å². The van der Waals surface area contributed by atoms with Crippen molar-refractivity contribution in [3.63, 3.8) is 0 Å². The summed E-state index contributed by atoms with van der Waals surface area (Å²) in [5.41, 5.74) is 0.145. The van der Waals surface area contributed by atoms with Crippen LogP contribution in [0.15, 0.2) is 25.3 Å². The van der Waals surface area contributed by atoms with Crippen LogP contribution in [0.25, 0.3) is 0 Å². The van der Waals surface area contributed by atoms with Gasteiger partial charge in [-0.2, -0.15) is 0 Å². The number of nitrogens with zero attached hydrogens (tertiary/aromatic N) is 1. The van der Waals surface area contributed by atoms with Crippen molar-refractivity contribution in [2.75, 3.05) is 26.2 Å². The highest BCUT2D eigenvalue weighted by molar-refractivity contribution is 4.90. The van der Waals surface area contributed by atoms with Crippen LogP contribution < -0.4 is 0 Å². The monoisotopic (exact) mass is 209 g/mol. The van der Waals surface area contributed by atoms with Gasteiger partial charge in [-0.1, -0.05) is 25.0 Å². The van der Waals surface area contributed by atoms with Crippen molar-refractivity contribution in [1.82, 2.24) is 4.90 Å². The lowest BCUT2D eigenvalue weighted by molar-refractivity contribution is 0.0878. The normalized spacial score (nSPS) is 19.3. The molecule has 1 N–H and O–H groups in total. The van der Waals surface area contributed by atoms with E-state index >= 15 is 0 Å². The van der Waals surface area contributed by atoms with Gasteiger partial charge < -0.3 is 5.11 Å². The molecule has 0 bridgehead atoms. The van der Waals surface area contributed by atoms with Crippen LogP contribution in [0.2, 0.25) is 0 Å². The zero-order valence-corrected chi connectivity index (χ0v) is 9.62. The van der Waals surface area contributed by atoms with E-state index in [9.17, 15) is 5.11 Å². The summed E-state index contributed by atoms with van der Waals surface area (Å²) in [4.78, 5) is 2.31. The van der Waals surface area contributed by atoms with Crippen molar-refractivity contribution in [2.45, 2.75) is 25.7 Å². The van der Waals surface area contributed by atoms with Gasteiger partial charge in [0.1, 0.15) is 0 Å². The maximum absolute atomic E-state index is 9.52. The molecule has 2 heteroatoms. The van der Waals surface area contributed by atoms with Crippen molar-refractivity contribution in [2.24, 2.45) is 5.41 Å². The molecule has 0 radical (unpaired) electrons. The van der Waals surface area contributed by atoms with Crippen molar-refractivity contribution in [3.05, 3.63) is 25.3 Å². The van der Waals surface area contributed by atoms with Crippen molar-refractivity contribution >= 4 is 0 Å². The topological polar surface area (TPSA) is 23.5 Å². The number of hydrogen-bond acceptors (Lipinski definition) is 2. The Morgan fingerprint density at radius 1 is 1.13 bits per heavy atom. The van der Waals surface area contributed by atoms with E-state index < -0.39 is 0 Å². The molecule has 1 aliphatic carbocycles. The molecule has 1 saturated carbocycles. The Balaban J connectivity index is 2.53. The van der Waals surface area contributed by atoms with Gasteiger partial charge in [-0.15, -0.1) is 13.2 Å². The molecule has 1 fully saturated rings. The van der Waals surface area contributed by atoms with Gasteiger partial charge in [-0.05, 0) is 12.8 Å². The molecule has 0 atom stereocenters. The largest absolute Gasteiger partial charge is 0.396 e. The second-order valence-corrected chi connectivity index (χ2v) is 4.64. The van der Waals surface area contributed by atoms with E-state index in [1.807, 2.05) is 12.2 Å². The lowest BCUT2D eigenvalue weighted by atomic mass is 9.86. The Hall–Kier alpha value is -0.600. The van der Waals surface area contributed by atoms with Crippen LogP contribution in [0.1, 0.15) is 25.7 Å². The van der Waals surface area contributed by atoms with Crippen LogP contribution in [-0.2, 0) is 0 Å². The highest BCUT2D eigenvalue weighted by Crippen LogP contribution is 2.38. The standard InChI is InChI=1S/C13H23NO/c1-3-9-14(10-4-2)11-13(12-15)7-5-6-8-13/h3-4,15H,1-2,5-12H2. The smallest absolute Gasteiger partial charge is 0.0499 e. The highest BCUT2D eigenvalue weighted by Gasteiger charge is 2.34. The first-order valence-corrected chi connectivity index (χ1v) is 5.81. The van der Waals surface area contributed by atoms with Gasteiger partial charge in [0.2, 0.25) is 0 Å². The fraction of sp³-hybridized carbons (Fsp3) is 0.692. The van der Waals surface area contributed by atoms with E-state index in [1.54, 1.807) is 0 Å². The molecule has 1 aliphatic rings. The molecule has 15 heavy (non-hydrogen) atoms. The first kappa shape index (κ1) is 12.5. The highest BCUT2D eigenvalue weighted by atomic mass is 16.3. The van der Waals surface area contributed by atoms with Crippen molar-refractivity contribution < 1.29 is 5.11 Å². The Morgan fingerprint density at radius 3 is 2.07 bits per heavy atom. The van der Waals surface area contributed by atoms with E-state index in [4.69, 9.17) is 0 Å². The Labute approximate surface area is 93.3 Å². The maximum Gasteiger partial charge on any atom is 0.0499 e. The Kier molecular flexibility index (Phi) is 5.06. The summed E-state index contributed by atoms with van der Waals surface area (Å²) in [6.07, 6.45) is 8.68. The summed E-state index contributed by atoms with van der Waals surface area (Å²) in [5, 5.41) is 9.52. The van der Waals surface area contributed by atoms with Crippen LogP contribution in [0.3, 0.4) is 0 Å². The third kappa shape index (κ3) is 3.47. The third-order valence-electron chi connectivity index (χ3n) is 3.33. The van der Waals surface area contributed by atoms with Crippen LogP contribution in [0, 0.1) is 5.41 Å². The predicted molar refractivity (Wildman–Crippen MR) is 64.8 cm³/mol. The van der Waals surface area contributed by atoms with Gasteiger partial charge in [0, 0.05) is 31.7 Å². The second-order valence-electron chi connectivity index (χ2n) is 4.64. The minimum absolute atomic E-state index is 0.145.